The fourth-order valence-electron chi connectivity index (χ4n) is 3.66. The van der Waals surface area contributed by atoms with E-state index in [1.54, 1.807) is 0 Å². The molecule has 5 nitrogen and oxygen atoms in total. The van der Waals surface area contributed by atoms with E-state index in [1.165, 1.54) is 24.0 Å². The van der Waals surface area contributed by atoms with Crippen LogP contribution in [0.4, 0.5) is 0 Å². The van der Waals surface area contributed by atoms with Gasteiger partial charge in [-0.25, -0.2) is 0 Å². The van der Waals surface area contributed by atoms with Gasteiger partial charge in [-0.3, -0.25) is 4.90 Å². The van der Waals surface area contributed by atoms with Crippen molar-refractivity contribution in [2.45, 2.75) is 39.3 Å². The quantitative estimate of drug-likeness (QED) is 0.631. The Morgan fingerprint density at radius 3 is 2.63 bits per heavy atom. The molecule has 0 amide bonds. The highest BCUT2D eigenvalue weighted by Gasteiger charge is 2.27. The summed E-state index contributed by atoms with van der Waals surface area (Å²) in [5, 5.41) is 4.16. The molecule has 5 heteroatoms. The molecule has 27 heavy (non-hydrogen) atoms. The van der Waals surface area contributed by atoms with Crippen LogP contribution < -0.4 is 4.74 Å². The number of nitrogens with zero attached hydrogens (tertiary/aromatic N) is 3. The van der Waals surface area contributed by atoms with Gasteiger partial charge in [0.1, 0.15) is 5.75 Å². The number of ether oxygens (including phenoxy) is 1. The molecule has 0 N–H and O–H groups in total. The van der Waals surface area contributed by atoms with Crippen molar-refractivity contribution in [1.29, 1.82) is 0 Å². The van der Waals surface area contributed by atoms with Crippen LogP contribution in [-0.4, -0.2) is 28.2 Å². The van der Waals surface area contributed by atoms with Crippen LogP contribution in [0.2, 0.25) is 0 Å². The van der Waals surface area contributed by atoms with E-state index in [9.17, 15) is 0 Å². The lowest BCUT2D eigenvalue weighted by atomic mass is 10.0. The van der Waals surface area contributed by atoms with Crippen LogP contribution >= 0.6 is 0 Å². The molecular weight excluding hydrogens is 338 g/mol. The Balaban J connectivity index is 1.46. The van der Waals surface area contributed by atoms with Crippen LogP contribution in [-0.2, 0) is 6.54 Å². The zero-order chi connectivity index (χ0) is 18.6. The van der Waals surface area contributed by atoms with Crippen LogP contribution in [0.3, 0.4) is 0 Å². The lowest BCUT2D eigenvalue weighted by Gasteiger charge is -2.23. The van der Waals surface area contributed by atoms with Crippen molar-refractivity contribution in [3.63, 3.8) is 0 Å². The molecule has 1 unspecified atom stereocenters. The van der Waals surface area contributed by atoms with Crippen molar-refractivity contribution >= 4 is 0 Å². The van der Waals surface area contributed by atoms with Crippen molar-refractivity contribution < 1.29 is 9.26 Å². The molecule has 1 atom stereocenters. The van der Waals surface area contributed by atoms with Crippen molar-refractivity contribution in [2.75, 3.05) is 13.2 Å². The SMILES string of the molecule is CCOc1ccc(-c2noc(CN3CCCC3c3ccc(C)cc3)n2)cc1. The van der Waals surface area contributed by atoms with Crippen LogP contribution in [0.5, 0.6) is 5.75 Å². The second-order valence-corrected chi connectivity index (χ2v) is 7.01. The Hall–Kier alpha value is -2.66. The third-order valence-corrected chi connectivity index (χ3v) is 5.06. The minimum atomic E-state index is 0.423. The lowest BCUT2D eigenvalue weighted by Crippen LogP contribution is -2.22. The second kappa shape index (κ2) is 7.92. The molecule has 0 spiro atoms. The zero-order valence-electron chi connectivity index (χ0n) is 15.9. The number of aromatic nitrogens is 2. The molecule has 4 rings (SSSR count). The summed E-state index contributed by atoms with van der Waals surface area (Å²) in [5.41, 5.74) is 3.59. The number of benzene rings is 2. The molecule has 1 saturated heterocycles. The Bertz CT molecular complexity index is 871. The molecule has 3 aromatic rings. The van der Waals surface area contributed by atoms with Crippen LogP contribution in [0, 0.1) is 6.92 Å². The first-order valence-corrected chi connectivity index (χ1v) is 9.59. The van der Waals surface area contributed by atoms with E-state index in [4.69, 9.17) is 9.26 Å². The minimum absolute atomic E-state index is 0.423. The van der Waals surface area contributed by atoms with E-state index in [-0.39, 0.29) is 0 Å². The predicted molar refractivity (Wildman–Crippen MR) is 104 cm³/mol. The van der Waals surface area contributed by atoms with E-state index in [0.717, 1.165) is 17.9 Å². The first-order chi connectivity index (χ1) is 13.2. The first kappa shape index (κ1) is 17.7. The van der Waals surface area contributed by atoms with Crippen molar-refractivity contribution in [3.8, 4) is 17.1 Å². The molecule has 1 aromatic heterocycles. The third kappa shape index (κ3) is 4.03. The molecular formula is C22H25N3O2. The van der Waals surface area contributed by atoms with Crippen LogP contribution in [0.25, 0.3) is 11.4 Å². The molecule has 0 saturated carbocycles. The maximum Gasteiger partial charge on any atom is 0.241 e. The Morgan fingerprint density at radius 1 is 1.11 bits per heavy atom. The lowest BCUT2D eigenvalue weighted by molar-refractivity contribution is 0.212. The van der Waals surface area contributed by atoms with E-state index in [2.05, 4.69) is 46.2 Å². The number of likely N-dealkylation sites (tertiary alicyclic amines) is 1. The Labute approximate surface area is 160 Å². The van der Waals surface area contributed by atoms with Gasteiger partial charge >= 0.3 is 0 Å². The van der Waals surface area contributed by atoms with Crippen molar-refractivity contribution in [3.05, 3.63) is 65.5 Å². The first-order valence-electron chi connectivity index (χ1n) is 9.59. The summed E-state index contributed by atoms with van der Waals surface area (Å²) in [4.78, 5) is 7.03. The molecule has 1 aliphatic rings. The van der Waals surface area contributed by atoms with Gasteiger partial charge in [0, 0.05) is 11.6 Å². The van der Waals surface area contributed by atoms with Gasteiger partial charge in [0.2, 0.25) is 11.7 Å². The number of hydrogen-bond donors (Lipinski definition) is 0. The zero-order valence-corrected chi connectivity index (χ0v) is 15.9. The van der Waals surface area contributed by atoms with Crippen molar-refractivity contribution in [2.24, 2.45) is 0 Å². The molecule has 2 heterocycles. The number of hydrogen-bond acceptors (Lipinski definition) is 5. The molecule has 0 aliphatic carbocycles. The van der Waals surface area contributed by atoms with Gasteiger partial charge < -0.3 is 9.26 Å². The highest BCUT2D eigenvalue weighted by atomic mass is 16.5. The van der Waals surface area contributed by atoms with Gasteiger partial charge in [-0.05, 0) is 63.1 Å². The molecule has 0 radical (unpaired) electrons. The fraction of sp³-hybridized carbons (Fsp3) is 0.364. The van der Waals surface area contributed by atoms with Crippen LogP contribution in [0.15, 0.2) is 53.1 Å². The van der Waals surface area contributed by atoms with E-state index >= 15 is 0 Å². The Morgan fingerprint density at radius 2 is 1.89 bits per heavy atom. The Kier molecular flexibility index (Phi) is 5.21. The van der Waals surface area contributed by atoms with E-state index in [1.807, 2.05) is 31.2 Å². The number of rotatable bonds is 6. The highest BCUT2D eigenvalue weighted by molar-refractivity contribution is 5.55. The monoisotopic (exact) mass is 363 g/mol. The van der Waals surface area contributed by atoms with Crippen LogP contribution in [0.1, 0.15) is 42.8 Å². The molecule has 1 aliphatic heterocycles. The van der Waals surface area contributed by atoms with Gasteiger partial charge in [0.25, 0.3) is 0 Å². The summed E-state index contributed by atoms with van der Waals surface area (Å²) < 4.78 is 11.0. The normalized spacial score (nSPS) is 17.3. The molecule has 2 aromatic carbocycles. The van der Waals surface area contributed by atoms with E-state index < -0.39 is 0 Å². The smallest absolute Gasteiger partial charge is 0.241 e. The summed E-state index contributed by atoms with van der Waals surface area (Å²) in [6.07, 6.45) is 2.36. The average molecular weight is 363 g/mol. The average Bonchev–Trinajstić information content (AvgIpc) is 3.34. The topological polar surface area (TPSA) is 51.4 Å². The number of aryl methyl sites for hydroxylation is 1. The maximum atomic E-state index is 5.53. The standard InChI is InChI=1S/C22H25N3O2/c1-3-26-19-12-10-18(11-13-19)22-23-21(27-24-22)15-25-14-4-5-20(25)17-8-6-16(2)7-9-17/h6-13,20H,3-5,14-15H2,1-2H3. The predicted octanol–water partition coefficient (Wildman–Crippen LogP) is 4.78. The minimum Gasteiger partial charge on any atom is -0.494 e. The summed E-state index contributed by atoms with van der Waals surface area (Å²) in [6.45, 7) is 6.49. The molecule has 1 fully saturated rings. The highest BCUT2D eigenvalue weighted by Crippen LogP contribution is 2.33. The van der Waals surface area contributed by atoms with Crippen molar-refractivity contribution in [1.82, 2.24) is 15.0 Å². The van der Waals surface area contributed by atoms with Gasteiger partial charge in [0.05, 0.1) is 13.2 Å². The summed E-state index contributed by atoms with van der Waals surface area (Å²) >= 11 is 0. The van der Waals surface area contributed by atoms with Gasteiger partial charge in [-0.2, -0.15) is 4.98 Å². The van der Waals surface area contributed by atoms with Gasteiger partial charge in [-0.1, -0.05) is 35.0 Å². The fourth-order valence-corrected chi connectivity index (χ4v) is 3.66. The summed E-state index contributed by atoms with van der Waals surface area (Å²) in [7, 11) is 0. The molecule has 140 valence electrons. The maximum absolute atomic E-state index is 5.53. The third-order valence-electron chi connectivity index (χ3n) is 5.06. The second-order valence-electron chi connectivity index (χ2n) is 7.01. The largest absolute Gasteiger partial charge is 0.494 e. The summed E-state index contributed by atoms with van der Waals surface area (Å²) in [5.74, 6) is 2.14. The van der Waals surface area contributed by atoms with Gasteiger partial charge in [0.15, 0.2) is 0 Å². The van der Waals surface area contributed by atoms with Gasteiger partial charge in [-0.15, -0.1) is 0 Å². The van der Waals surface area contributed by atoms with E-state index in [0.29, 0.717) is 30.9 Å². The molecule has 0 bridgehead atoms. The summed E-state index contributed by atoms with van der Waals surface area (Å²) in [6, 6.07) is 17.0.